The third-order valence-electron chi connectivity index (χ3n) is 6.25. The number of aromatic nitrogens is 3. The van der Waals surface area contributed by atoms with Crippen molar-refractivity contribution >= 4 is 49.7 Å². The van der Waals surface area contributed by atoms with E-state index in [4.69, 9.17) is 5.73 Å². The first-order valence-electron chi connectivity index (χ1n) is 12.0. The summed E-state index contributed by atoms with van der Waals surface area (Å²) >= 11 is 0. The molecule has 0 spiro atoms. The molecule has 1 fully saturated rings. The van der Waals surface area contributed by atoms with Crippen LogP contribution in [0.1, 0.15) is 31.2 Å². The summed E-state index contributed by atoms with van der Waals surface area (Å²) in [7, 11) is -1.54. The van der Waals surface area contributed by atoms with E-state index in [-0.39, 0.29) is 29.0 Å². The van der Waals surface area contributed by atoms with Crippen molar-refractivity contribution in [2.45, 2.75) is 19.8 Å². The Morgan fingerprint density at radius 1 is 1.26 bits per heavy atom. The third kappa shape index (κ3) is 5.88. The Morgan fingerprint density at radius 2 is 2.00 bits per heavy atom. The molecule has 0 aliphatic carbocycles. The van der Waals surface area contributed by atoms with Gasteiger partial charge in [0.1, 0.15) is 27.0 Å². The maximum atomic E-state index is 11.7. The van der Waals surface area contributed by atoms with Gasteiger partial charge in [0.05, 0.1) is 5.75 Å². The number of nitrogens with two attached hydrogens (primary N) is 1. The summed E-state index contributed by atoms with van der Waals surface area (Å²) in [6.45, 7) is 5.59. The summed E-state index contributed by atoms with van der Waals surface area (Å²) in [6.07, 6.45) is 5.78. The maximum absolute atomic E-state index is 11.7. The van der Waals surface area contributed by atoms with Crippen LogP contribution in [-0.4, -0.2) is 66.7 Å². The van der Waals surface area contributed by atoms with Crippen LogP contribution in [0.5, 0.6) is 0 Å². The number of anilines is 3. The molecule has 3 aromatic rings. The largest absolute Gasteiger partial charge is 0.370 e. The molecular formula is C25H30N8O4S. The number of rotatable bonds is 9. The standard InChI is InChI=1S/C25H30N8O4S/c1-15(2)17-5-6-21(32-12-16(13-32)14-38(4,36)37)19-11-29-23(9-18(17)19)30-22-7-8-28-25(31-22)20(10-27-3)24(26)33(34)35/h5-11,15-16H,12-14,26H2,1-4H3,(H,28,29,30,31). The van der Waals surface area contributed by atoms with Gasteiger partial charge in [0.2, 0.25) is 0 Å². The highest BCUT2D eigenvalue weighted by molar-refractivity contribution is 7.90. The van der Waals surface area contributed by atoms with E-state index in [0.717, 1.165) is 22.0 Å². The van der Waals surface area contributed by atoms with E-state index in [2.05, 4.69) is 56.1 Å². The van der Waals surface area contributed by atoms with E-state index >= 15 is 0 Å². The normalized spacial score (nSPS) is 15.1. The first-order chi connectivity index (χ1) is 18.0. The van der Waals surface area contributed by atoms with Crippen LogP contribution in [0.25, 0.3) is 16.3 Å². The predicted octanol–water partition coefficient (Wildman–Crippen LogP) is 2.98. The molecule has 0 unspecified atom stereocenters. The maximum Gasteiger partial charge on any atom is 0.326 e. The van der Waals surface area contributed by atoms with Gasteiger partial charge in [0, 0.05) is 62.0 Å². The minimum atomic E-state index is -3.01. The molecule has 200 valence electrons. The average molecular weight is 539 g/mol. The molecule has 2 aromatic heterocycles. The van der Waals surface area contributed by atoms with E-state index < -0.39 is 20.6 Å². The summed E-state index contributed by atoms with van der Waals surface area (Å²) in [4.78, 5) is 29.6. The number of hydrogen-bond donors (Lipinski definition) is 2. The highest BCUT2D eigenvalue weighted by Gasteiger charge is 2.31. The molecule has 1 aromatic carbocycles. The second kappa shape index (κ2) is 10.7. The fourth-order valence-electron chi connectivity index (χ4n) is 4.55. The number of aliphatic imine (C=N–C) groups is 1. The summed E-state index contributed by atoms with van der Waals surface area (Å²) in [5.74, 6) is 0.940. The van der Waals surface area contributed by atoms with Crippen molar-refractivity contribution < 1.29 is 13.3 Å². The van der Waals surface area contributed by atoms with Crippen molar-refractivity contribution in [1.82, 2.24) is 15.0 Å². The number of allylic oxidation sites excluding steroid dienone is 1. The quantitative estimate of drug-likeness (QED) is 0.234. The Kier molecular flexibility index (Phi) is 7.58. The molecular weight excluding hydrogens is 508 g/mol. The number of pyridine rings is 1. The topological polar surface area (TPSA) is 170 Å². The molecule has 4 rings (SSSR count). The lowest BCUT2D eigenvalue weighted by atomic mass is 9.93. The minimum absolute atomic E-state index is 0.00285. The Hall–Kier alpha value is -4.13. The molecule has 3 N–H and O–H groups in total. The van der Waals surface area contributed by atoms with Gasteiger partial charge in [-0.2, -0.15) is 0 Å². The van der Waals surface area contributed by atoms with Crippen molar-refractivity contribution in [3.63, 3.8) is 0 Å². The molecule has 13 heteroatoms. The number of hydrogen-bond acceptors (Lipinski definition) is 11. The van der Waals surface area contributed by atoms with Crippen LogP contribution in [-0.2, 0) is 9.84 Å². The van der Waals surface area contributed by atoms with Gasteiger partial charge in [0.15, 0.2) is 5.82 Å². The fraction of sp³-hybridized carbons (Fsp3) is 0.360. The molecule has 0 amide bonds. The Labute approximate surface area is 220 Å². The SMILES string of the molecule is CN=CC(=C(N)[N+](=O)[O-])c1nccc(Nc2cc3c(C(C)C)ccc(N4CC(CS(C)(=O)=O)C4)c3cn2)n1. The molecule has 12 nitrogen and oxygen atoms in total. The second-order valence-corrected chi connectivity index (χ2v) is 11.8. The van der Waals surface area contributed by atoms with Crippen LogP contribution in [0.4, 0.5) is 17.3 Å². The van der Waals surface area contributed by atoms with Crippen molar-refractivity contribution in [2.75, 3.05) is 42.4 Å². The first-order valence-corrected chi connectivity index (χ1v) is 14.0. The van der Waals surface area contributed by atoms with Gasteiger partial charge in [-0.05, 0) is 40.0 Å². The van der Waals surface area contributed by atoms with Crippen molar-refractivity contribution in [1.29, 1.82) is 0 Å². The van der Waals surface area contributed by atoms with Crippen molar-refractivity contribution in [3.05, 3.63) is 64.0 Å². The minimum Gasteiger partial charge on any atom is -0.370 e. The Balaban J connectivity index is 1.66. The zero-order valence-electron chi connectivity index (χ0n) is 21.6. The van der Waals surface area contributed by atoms with Gasteiger partial charge in [-0.1, -0.05) is 19.9 Å². The summed E-state index contributed by atoms with van der Waals surface area (Å²) in [5, 5.41) is 16.4. The molecule has 0 bridgehead atoms. The number of sulfone groups is 1. The van der Waals surface area contributed by atoms with Crippen LogP contribution < -0.4 is 16.0 Å². The predicted molar refractivity (Wildman–Crippen MR) is 149 cm³/mol. The van der Waals surface area contributed by atoms with Crippen molar-refractivity contribution in [2.24, 2.45) is 16.6 Å². The van der Waals surface area contributed by atoms with Crippen LogP contribution in [0, 0.1) is 16.0 Å². The monoisotopic (exact) mass is 538 g/mol. The number of nitro groups is 1. The highest BCUT2D eigenvalue weighted by atomic mass is 32.2. The smallest absolute Gasteiger partial charge is 0.326 e. The summed E-state index contributed by atoms with van der Waals surface area (Å²) < 4.78 is 23.3. The lowest BCUT2D eigenvalue weighted by molar-refractivity contribution is -0.425. The molecule has 0 atom stereocenters. The molecule has 1 saturated heterocycles. The first kappa shape index (κ1) is 26.9. The van der Waals surface area contributed by atoms with E-state index in [9.17, 15) is 18.5 Å². The Morgan fingerprint density at radius 3 is 2.63 bits per heavy atom. The van der Waals surface area contributed by atoms with Gasteiger partial charge in [-0.3, -0.25) is 10.7 Å². The number of benzene rings is 1. The number of nitrogens with zero attached hydrogens (tertiary/aromatic N) is 6. The van der Waals surface area contributed by atoms with Gasteiger partial charge in [-0.25, -0.2) is 23.4 Å². The van der Waals surface area contributed by atoms with E-state index in [1.165, 1.54) is 25.7 Å². The van der Waals surface area contributed by atoms with E-state index in [1.807, 2.05) is 6.07 Å². The zero-order chi connectivity index (χ0) is 27.6. The average Bonchev–Trinajstić information content (AvgIpc) is 2.83. The summed E-state index contributed by atoms with van der Waals surface area (Å²) in [6, 6.07) is 7.74. The number of nitrogens with one attached hydrogen (secondary N) is 1. The molecule has 0 saturated carbocycles. The van der Waals surface area contributed by atoms with Gasteiger partial charge >= 0.3 is 5.82 Å². The molecule has 3 heterocycles. The van der Waals surface area contributed by atoms with Crippen LogP contribution in [0.15, 0.2) is 47.5 Å². The van der Waals surface area contributed by atoms with E-state index in [1.54, 1.807) is 12.3 Å². The van der Waals surface area contributed by atoms with Gasteiger partial charge < -0.3 is 20.3 Å². The zero-order valence-corrected chi connectivity index (χ0v) is 22.4. The highest BCUT2D eigenvalue weighted by Crippen LogP contribution is 2.37. The third-order valence-corrected chi connectivity index (χ3v) is 7.33. The molecule has 1 aliphatic heterocycles. The molecule has 1 aliphatic rings. The Bertz CT molecular complexity index is 1550. The number of fused-ring (bicyclic) bond motifs is 1. The van der Waals surface area contributed by atoms with Crippen LogP contribution >= 0.6 is 0 Å². The lowest BCUT2D eigenvalue weighted by Crippen LogP contribution is -2.49. The molecule has 0 radical (unpaired) electrons. The fourth-order valence-corrected chi connectivity index (χ4v) is 5.62. The van der Waals surface area contributed by atoms with Crippen LogP contribution in [0.3, 0.4) is 0 Å². The van der Waals surface area contributed by atoms with Gasteiger partial charge in [-0.15, -0.1) is 0 Å². The van der Waals surface area contributed by atoms with E-state index in [0.29, 0.717) is 24.7 Å². The second-order valence-electron chi connectivity index (χ2n) is 9.64. The molecule has 38 heavy (non-hydrogen) atoms. The summed E-state index contributed by atoms with van der Waals surface area (Å²) in [5.41, 5.74) is 7.79. The van der Waals surface area contributed by atoms with Crippen LogP contribution in [0.2, 0.25) is 0 Å². The lowest BCUT2D eigenvalue weighted by Gasteiger charge is -2.41. The van der Waals surface area contributed by atoms with Crippen molar-refractivity contribution in [3.8, 4) is 0 Å². The van der Waals surface area contributed by atoms with Gasteiger partial charge in [0.25, 0.3) is 0 Å².